The highest BCUT2D eigenvalue weighted by Crippen LogP contribution is 2.47. The van der Waals surface area contributed by atoms with Gasteiger partial charge in [-0.25, -0.2) is 0 Å². The van der Waals surface area contributed by atoms with Crippen molar-refractivity contribution in [2.24, 2.45) is 0 Å². The first-order chi connectivity index (χ1) is 8.72. The minimum absolute atomic E-state index is 0.675. The van der Waals surface area contributed by atoms with Gasteiger partial charge in [0.2, 0.25) is 0 Å². The van der Waals surface area contributed by atoms with E-state index in [4.69, 9.17) is 23.2 Å². The van der Waals surface area contributed by atoms with E-state index >= 15 is 0 Å². The van der Waals surface area contributed by atoms with Crippen molar-refractivity contribution in [3.05, 3.63) is 58.1 Å². The van der Waals surface area contributed by atoms with Crippen molar-refractivity contribution >= 4 is 47.1 Å². The summed E-state index contributed by atoms with van der Waals surface area (Å²) in [6.07, 6.45) is 0. The summed E-state index contributed by atoms with van der Waals surface area (Å²) in [6.45, 7) is 0.792. The van der Waals surface area contributed by atoms with Crippen LogP contribution in [0, 0.1) is 0 Å². The Morgan fingerprint density at radius 3 is 2.22 bits per heavy atom. The Labute approximate surface area is 125 Å². The molecule has 0 spiro atoms. The Balaban J connectivity index is 1.76. The second-order valence-electron chi connectivity index (χ2n) is 3.86. The van der Waals surface area contributed by atoms with Crippen LogP contribution >= 0.6 is 47.1 Å². The average Bonchev–Trinajstić information content (AvgIpc) is 2.75. The van der Waals surface area contributed by atoms with Crippen molar-refractivity contribution in [3.8, 4) is 0 Å². The molecule has 2 aromatic carbocycles. The summed E-state index contributed by atoms with van der Waals surface area (Å²) in [5.41, 5.74) is 1.09. The predicted molar refractivity (Wildman–Crippen MR) is 80.2 cm³/mol. The van der Waals surface area contributed by atoms with Crippen LogP contribution in [0.25, 0.3) is 0 Å². The molecule has 0 aliphatic carbocycles. The molecule has 1 aliphatic heterocycles. The van der Waals surface area contributed by atoms with Gasteiger partial charge in [-0.1, -0.05) is 41.4 Å². The molecule has 0 aromatic heterocycles. The summed E-state index contributed by atoms with van der Waals surface area (Å²) in [5, 5.41) is 1.40. The minimum Gasteiger partial charge on any atom is -0.181 e. The first kappa shape index (κ1) is 12.7. The molecule has 1 aliphatic rings. The van der Waals surface area contributed by atoms with Gasteiger partial charge in [0.05, 0.1) is 0 Å². The van der Waals surface area contributed by atoms with Gasteiger partial charge in [-0.15, -0.1) is 0 Å². The zero-order chi connectivity index (χ0) is 12.5. The molecular weight excluding hydrogens is 305 g/mol. The molecule has 1 nitrogen and oxygen atoms in total. The van der Waals surface area contributed by atoms with Crippen molar-refractivity contribution in [2.45, 2.75) is 16.3 Å². The number of hydrogen-bond donors (Lipinski definition) is 0. The fourth-order valence-electron chi connectivity index (χ4n) is 1.69. The lowest BCUT2D eigenvalue weighted by atomic mass is 10.2. The molecule has 5 heteroatoms. The summed E-state index contributed by atoms with van der Waals surface area (Å²) in [6, 6.07) is 14.0. The molecule has 2 aromatic rings. The van der Waals surface area contributed by atoms with Crippen LogP contribution in [0.4, 0.5) is 0 Å². The number of fused-ring (bicyclic) bond motifs is 1. The monoisotopic (exact) mass is 313 g/mol. The largest absolute Gasteiger partial charge is 0.181 e. The molecule has 92 valence electrons. The van der Waals surface area contributed by atoms with Gasteiger partial charge in [-0.3, -0.25) is 0 Å². The molecule has 0 fully saturated rings. The van der Waals surface area contributed by atoms with E-state index in [1.165, 1.54) is 9.79 Å². The van der Waals surface area contributed by atoms with Crippen molar-refractivity contribution in [2.75, 3.05) is 0 Å². The Morgan fingerprint density at radius 1 is 0.944 bits per heavy atom. The Kier molecular flexibility index (Phi) is 3.78. The molecule has 0 N–H and O–H groups in total. The fourth-order valence-corrected chi connectivity index (χ4v) is 4.46. The van der Waals surface area contributed by atoms with Crippen molar-refractivity contribution in [1.82, 2.24) is 3.71 Å². The molecule has 18 heavy (non-hydrogen) atoms. The van der Waals surface area contributed by atoms with Crippen molar-refractivity contribution in [1.29, 1.82) is 0 Å². The van der Waals surface area contributed by atoms with Crippen LogP contribution in [0.15, 0.2) is 52.3 Å². The van der Waals surface area contributed by atoms with Gasteiger partial charge >= 0.3 is 0 Å². The molecular formula is C13H9Cl2NS2. The number of halogens is 2. The van der Waals surface area contributed by atoms with Gasteiger partial charge in [0, 0.05) is 26.4 Å². The molecule has 0 saturated heterocycles. The van der Waals surface area contributed by atoms with Gasteiger partial charge in [-0.05, 0) is 53.7 Å². The Hall–Kier alpha value is -0.320. The minimum atomic E-state index is 0.675. The zero-order valence-corrected chi connectivity index (χ0v) is 12.4. The van der Waals surface area contributed by atoms with E-state index in [2.05, 4.69) is 28.0 Å². The fraction of sp³-hybridized carbons (Fsp3) is 0.0769. The number of rotatable bonds is 2. The van der Waals surface area contributed by atoms with E-state index < -0.39 is 0 Å². The van der Waals surface area contributed by atoms with E-state index in [0.717, 1.165) is 17.1 Å². The average molecular weight is 314 g/mol. The predicted octanol–water partition coefficient (Wildman–Crippen LogP) is 5.52. The lowest BCUT2D eigenvalue weighted by Gasteiger charge is -2.13. The highest BCUT2D eigenvalue weighted by atomic mass is 35.5. The van der Waals surface area contributed by atoms with Crippen LogP contribution < -0.4 is 0 Å². The molecule has 0 unspecified atom stereocenters. The second kappa shape index (κ2) is 5.35. The summed E-state index contributed by atoms with van der Waals surface area (Å²) in [5.74, 6) is 0. The molecule has 0 radical (unpaired) electrons. The SMILES string of the molecule is Clc1ccc(CN2Sc3ccccc3S2)c(Cl)c1. The molecule has 0 saturated carbocycles. The maximum atomic E-state index is 6.19. The normalized spacial score (nSPS) is 14.8. The summed E-state index contributed by atoms with van der Waals surface area (Å²) >= 11 is 15.6. The van der Waals surface area contributed by atoms with Crippen LogP contribution in [0.1, 0.15) is 5.56 Å². The topological polar surface area (TPSA) is 3.24 Å². The lowest BCUT2D eigenvalue weighted by Crippen LogP contribution is -2.02. The van der Waals surface area contributed by atoms with Gasteiger partial charge in [0.25, 0.3) is 0 Å². The highest BCUT2D eigenvalue weighted by Gasteiger charge is 2.21. The van der Waals surface area contributed by atoms with Crippen molar-refractivity contribution < 1.29 is 0 Å². The molecule has 3 rings (SSSR count). The van der Waals surface area contributed by atoms with Gasteiger partial charge in [-0.2, -0.15) is 3.71 Å². The Morgan fingerprint density at radius 2 is 1.61 bits per heavy atom. The van der Waals surface area contributed by atoms with Gasteiger partial charge in [0.1, 0.15) is 0 Å². The summed E-state index contributed by atoms with van der Waals surface area (Å²) < 4.78 is 2.22. The third-order valence-corrected chi connectivity index (χ3v) is 5.50. The van der Waals surface area contributed by atoms with E-state index in [1.807, 2.05) is 12.1 Å². The smallest absolute Gasteiger partial charge is 0.0475 e. The van der Waals surface area contributed by atoms with E-state index in [1.54, 1.807) is 30.0 Å². The zero-order valence-electron chi connectivity index (χ0n) is 9.27. The number of hydrogen-bond acceptors (Lipinski definition) is 3. The molecule has 0 amide bonds. The summed E-state index contributed by atoms with van der Waals surface area (Å²) in [4.78, 5) is 2.60. The van der Waals surface area contributed by atoms with Crippen LogP contribution in [0.2, 0.25) is 10.0 Å². The first-order valence-corrected chi connectivity index (χ1v) is 7.69. The lowest BCUT2D eigenvalue weighted by molar-refractivity contribution is 0.749. The maximum Gasteiger partial charge on any atom is 0.0475 e. The van der Waals surface area contributed by atoms with Gasteiger partial charge < -0.3 is 0 Å². The first-order valence-electron chi connectivity index (χ1n) is 5.39. The highest BCUT2D eigenvalue weighted by molar-refractivity contribution is 8.14. The second-order valence-corrected chi connectivity index (χ2v) is 7.06. The van der Waals surface area contributed by atoms with Crippen molar-refractivity contribution in [3.63, 3.8) is 0 Å². The van der Waals surface area contributed by atoms with E-state index in [-0.39, 0.29) is 0 Å². The van der Waals surface area contributed by atoms with E-state index in [0.29, 0.717) is 5.02 Å². The van der Waals surface area contributed by atoms with Gasteiger partial charge in [0.15, 0.2) is 0 Å². The Bertz CT molecular complexity index is 564. The third kappa shape index (κ3) is 2.65. The van der Waals surface area contributed by atoms with Crippen LogP contribution in [0.3, 0.4) is 0 Å². The standard InChI is InChI=1S/C13H9Cl2NS2/c14-10-6-5-9(11(15)7-10)8-16-17-12-3-1-2-4-13(12)18-16/h1-7H,8H2. The van der Waals surface area contributed by atoms with Crippen LogP contribution in [0.5, 0.6) is 0 Å². The van der Waals surface area contributed by atoms with Crippen LogP contribution in [-0.2, 0) is 6.54 Å². The van der Waals surface area contributed by atoms with E-state index in [9.17, 15) is 0 Å². The number of benzene rings is 2. The maximum absolute atomic E-state index is 6.19. The molecule has 0 bridgehead atoms. The quantitative estimate of drug-likeness (QED) is 0.672. The number of nitrogens with zero attached hydrogens (tertiary/aromatic N) is 1. The molecule has 1 heterocycles. The third-order valence-electron chi connectivity index (χ3n) is 2.56. The summed E-state index contributed by atoms with van der Waals surface area (Å²) in [7, 11) is 0. The van der Waals surface area contributed by atoms with Crippen LogP contribution in [-0.4, -0.2) is 3.71 Å². The molecule has 0 atom stereocenters.